The van der Waals surface area contributed by atoms with Gasteiger partial charge in [0.05, 0.1) is 32.7 Å². The lowest BCUT2D eigenvalue weighted by Gasteiger charge is -2.08. The number of nitrogens with one attached hydrogen (secondary N) is 1. The lowest BCUT2D eigenvalue weighted by atomic mass is 10.1. The van der Waals surface area contributed by atoms with Crippen molar-refractivity contribution in [2.24, 2.45) is 0 Å². The zero-order valence-electron chi connectivity index (χ0n) is 12.5. The quantitative estimate of drug-likeness (QED) is 0.612. The molecule has 120 valence electrons. The summed E-state index contributed by atoms with van der Waals surface area (Å²) in [6.07, 6.45) is 0.612. The van der Waals surface area contributed by atoms with Gasteiger partial charge in [-0.15, -0.1) is 0 Å². The van der Waals surface area contributed by atoms with Crippen LogP contribution >= 0.6 is 0 Å². The molecule has 0 saturated heterocycles. The molecule has 0 saturated carbocycles. The molecule has 0 aliphatic rings. The summed E-state index contributed by atoms with van der Waals surface area (Å²) in [5, 5.41) is 0. The van der Waals surface area contributed by atoms with E-state index in [2.05, 4.69) is 4.72 Å². The zero-order chi connectivity index (χ0) is 15.6. The molecule has 21 heavy (non-hydrogen) atoms. The topological polar surface area (TPSA) is 73.9 Å². The maximum atomic E-state index is 11.7. The Morgan fingerprint density at radius 1 is 1.14 bits per heavy atom. The molecule has 0 fully saturated rings. The lowest BCUT2D eigenvalue weighted by molar-refractivity contribution is 0.0784. The van der Waals surface area contributed by atoms with Gasteiger partial charge in [0.25, 0.3) is 0 Å². The number of hydrogen-bond acceptors (Lipinski definition) is 5. The SMILES string of the molecule is COCCOCCS(=O)(=O)NCCc1cccc(OC)c1. The van der Waals surface area contributed by atoms with Crippen molar-refractivity contribution in [3.05, 3.63) is 29.8 Å². The molecule has 0 amide bonds. The Kier molecular flexibility index (Phi) is 8.29. The predicted molar refractivity (Wildman–Crippen MR) is 81.2 cm³/mol. The van der Waals surface area contributed by atoms with E-state index in [9.17, 15) is 8.42 Å². The van der Waals surface area contributed by atoms with Gasteiger partial charge in [0.2, 0.25) is 10.0 Å². The van der Waals surface area contributed by atoms with Crippen molar-refractivity contribution < 1.29 is 22.6 Å². The molecule has 1 rings (SSSR count). The molecule has 1 N–H and O–H groups in total. The lowest BCUT2D eigenvalue weighted by Crippen LogP contribution is -2.30. The molecular weight excluding hydrogens is 294 g/mol. The molecule has 0 bridgehead atoms. The van der Waals surface area contributed by atoms with Crippen molar-refractivity contribution in [3.63, 3.8) is 0 Å². The average molecular weight is 317 g/mol. The summed E-state index contributed by atoms with van der Waals surface area (Å²) in [5.41, 5.74) is 1.02. The first-order valence-corrected chi connectivity index (χ1v) is 8.39. The Bertz CT molecular complexity index is 504. The Hall–Kier alpha value is -1.15. The Balaban J connectivity index is 2.26. The van der Waals surface area contributed by atoms with Crippen LogP contribution in [0.1, 0.15) is 5.56 Å². The third kappa shape index (κ3) is 8.01. The highest BCUT2D eigenvalue weighted by molar-refractivity contribution is 7.89. The summed E-state index contributed by atoms with van der Waals surface area (Å²) in [6.45, 7) is 1.38. The van der Waals surface area contributed by atoms with E-state index in [0.717, 1.165) is 11.3 Å². The third-order valence-corrected chi connectivity index (χ3v) is 4.15. The Labute approximate surface area is 126 Å². The first-order valence-electron chi connectivity index (χ1n) is 6.74. The molecular formula is C14H23NO5S. The highest BCUT2D eigenvalue weighted by atomic mass is 32.2. The van der Waals surface area contributed by atoms with Gasteiger partial charge in [-0.1, -0.05) is 12.1 Å². The van der Waals surface area contributed by atoms with Crippen LogP contribution in [0.25, 0.3) is 0 Å². The largest absolute Gasteiger partial charge is 0.497 e. The van der Waals surface area contributed by atoms with Gasteiger partial charge in [-0.2, -0.15) is 0 Å². The second-order valence-electron chi connectivity index (χ2n) is 4.42. The molecule has 0 radical (unpaired) electrons. The number of sulfonamides is 1. The van der Waals surface area contributed by atoms with Gasteiger partial charge in [0.15, 0.2) is 0 Å². The van der Waals surface area contributed by atoms with Crippen LogP contribution in [0.4, 0.5) is 0 Å². The van der Waals surface area contributed by atoms with Crippen LogP contribution in [0.2, 0.25) is 0 Å². The maximum Gasteiger partial charge on any atom is 0.213 e. The predicted octanol–water partition coefficient (Wildman–Crippen LogP) is 0.820. The minimum atomic E-state index is -3.30. The van der Waals surface area contributed by atoms with E-state index in [4.69, 9.17) is 14.2 Å². The van der Waals surface area contributed by atoms with Gasteiger partial charge in [0.1, 0.15) is 5.75 Å². The fraction of sp³-hybridized carbons (Fsp3) is 0.571. The van der Waals surface area contributed by atoms with Gasteiger partial charge in [-0.3, -0.25) is 0 Å². The summed E-state index contributed by atoms with van der Waals surface area (Å²) >= 11 is 0. The van der Waals surface area contributed by atoms with Crippen LogP contribution in [-0.2, 0) is 25.9 Å². The standard InChI is InChI=1S/C14H23NO5S/c1-18-8-9-20-10-11-21(16,17)15-7-6-13-4-3-5-14(12-13)19-2/h3-5,12,15H,6-11H2,1-2H3. The van der Waals surface area contributed by atoms with Crippen molar-refractivity contribution >= 4 is 10.0 Å². The van der Waals surface area contributed by atoms with Crippen LogP contribution in [0, 0.1) is 0 Å². The second-order valence-corrected chi connectivity index (χ2v) is 6.35. The molecule has 0 aromatic heterocycles. The minimum absolute atomic E-state index is 0.0468. The van der Waals surface area contributed by atoms with Crippen molar-refractivity contribution in [2.45, 2.75) is 6.42 Å². The molecule has 0 heterocycles. The molecule has 6 nitrogen and oxygen atoms in total. The molecule has 1 aromatic carbocycles. The summed E-state index contributed by atoms with van der Waals surface area (Å²) in [5.74, 6) is 0.719. The number of rotatable bonds is 11. The van der Waals surface area contributed by atoms with Gasteiger partial charge in [-0.05, 0) is 24.1 Å². The number of methoxy groups -OCH3 is 2. The maximum absolute atomic E-state index is 11.7. The fourth-order valence-electron chi connectivity index (χ4n) is 1.66. The zero-order valence-corrected chi connectivity index (χ0v) is 13.3. The number of ether oxygens (including phenoxy) is 3. The fourth-order valence-corrected chi connectivity index (χ4v) is 2.56. The van der Waals surface area contributed by atoms with E-state index in [1.807, 2.05) is 24.3 Å². The van der Waals surface area contributed by atoms with E-state index < -0.39 is 10.0 Å². The van der Waals surface area contributed by atoms with Gasteiger partial charge in [0, 0.05) is 13.7 Å². The molecule has 0 atom stereocenters. The monoisotopic (exact) mass is 317 g/mol. The van der Waals surface area contributed by atoms with Crippen LogP contribution < -0.4 is 9.46 Å². The summed E-state index contributed by atoms with van der Waals surface area (Å²) in [6, 6.07) is 7.56. The average Bonchev–Trinajstić information content (AvgIpc) is 2.47. The number of hydrogen-bond donors (Lipinski definition) is 1. The molecule has 1 aromatic rings. The van der Waals surface area contributed by atoms with E-state index in [1.165, 1.54) is 0 Å². The first-order chi connectivity index (χ1) is 10.1. The number of benzene rings is 1. The molecule has 0 aliphatic heterocycles. The third-order valence-electron chi connectivity index (χ3n) is 2.80. The first kappa shape index (κ1) is 17.9. The minimum Gasteiger partial charge on any atom is -0.497 e. The molecule has 7 heteroatoms. The Morgan fingerprint density at radius 3 is 2.67 bits per heavy atom. The molecule has 0 unspecified atom stereocenters. The summed E-state index contributed by atoms with van der Waals surface area (Å²) in [4.78, 5) is 0. The summed E-state index contributed by atoms with van der Waals surface area (Å²) < 4.78 is 41.1. The van der Waals surface area contributed by atoms with Crippen LogP contribution in [0.5, 0.6) is 5.75 Å². The van der Waals surface area contributed by atoms with Crippen molar-refractivity contribution in [1.82, 2.24) is 4.72 Å². The van der Waals surface area contributed by atoms with Crippen molar-refractivity contribution in [1.29, 1.82) is 0 Å². The van der Waals surface area contributed by atoms with Crippen molar-refractivity contribution in [3.8, 4) is 5.75 Å². The van der Waals surface area contributed by atoms with E-state index in [-0.39, 0.29) is 12.4 Å². The van der Waals surface area contributed by atoms with Gasteiger partial charge >= 0.3 is 0 Å². The summed E-state index contributed by atoms with van der Waals surface area (Å²) in [7, 11) is -0.129. The highest BCUT2D eigenvalue weighted by Gasteiger charge is 2.09. The van der Waals surface area contributed by atoms with E-state index in [0.29, 0.717) is 26.2 Å². The van der Waals surface area contributed by atoms with E-state index in [1.54, 1.807) is 14.2 Å². The highest BCUT2D eigenvalue weighted by Crippen LogP contribution is 2.12. The van der Waals surface area contributed by atoms with Crippen LogP contribution in [0.15, 0.2) is 24.3 Å². The molecule has 0 aliphatic carbocycles. The van der Waals surface area contributed by atoms with Crippen LogP contribution in [-0.4, -0.2) is 54.8 Å². The van der Waals surface area contributed by atoms with Gasteiger partial charge < -0.3 is 14.2 Å². The second kappa shape index (κ2) is 9.73. The molecule has 0 spiro atoms. The van der Waals surface area contributed by atoms with E-state index >= 15 is 0 Å². The van der Waals surface area contributed by atoms with Crippen LogP contribution in [0.3, 0.4) is 0 Å². The van der Waals surface area contributed by atoms with Crippen molar-refractivity contribution in [2.75, 3.05) is 46.3 Å². The smallest absolute Gasteiger partial charge is 0.213 e. The van der Waals surface area contributed by atoms with Gasteiger partial charge in [-0.25, -0.2) is 13.1 Å². The Morgan fingerprint density at radius 2 is 1.95 bits per heavy atom. The normalized spacial score (nSPS) is 11.5.